The van der Waals surface area contributed by atoms with Gasteiger partial charge in [0.05, 0.1) is 32.5 Å². The highest BCUT2D eigenvalue weighted by Gasteiger charge is 2.56. The second-order valence-corrected chi connectivity index (χ2v) is 17.3. The van der Waals surface area contributed by atoms with Crippen LogP contribution in [-0.4, -0.2) is 264 Å². The summed E-state index contributed by atoms with van der Waals surface area (Å²) in [4.78, 5) is 12.3. The Labute approximate surface area is 380 Å². The van der Waals surface area contributed by atoms with Gasteiger partial charge in [-0.1, -0.05) is 39.0 Å². The minimum atomic E-state index is -1.92. The van der Waals surface area contributed by atoms with Crippen molar-refractivity contribution in [2.24, 2.45) is 0 Å². The first-order chi connectivity index (χ1) is 31.4. The van der Waals surface area contributed by atoms with E-state index >= 15 is 0 Å². The number of rotatable bonds is 24. The molecule has 5 rings (SSSR count). The highest BCUT2D eigenvalue weighted by atomic mass is 16.8. The molecule has 0 saturated carbocycles. The molecule has 0 aromatic heterocycles. The fraction of sp³-hybridized carbons (Fsp3) is 0.975. The smallest absolute Gasteiger partial charge is 0.217 e. The van der Waals surface area contributed by atoms with Crippen LogP contribution in [0, 0.1) is 0 Å². The average molecular weight is 966 g/mol. The number of carbonyl (C=O) groups is 1. The summed E-state index contributed by atoms with van der Waals surface area (Å²) in [6.45, 7) is 1.83. The second kappa shape index (κ2) is 25.6. The van der Waals surface area contributed by atoms with Crippen molar-refractivity contribution in [3.05, 3.63) is 0 Å². The third-order valence-electron chi connectivity index (χ3n) is 12.4. The number of amides is 1. The third-order valence-corrected chi connectivity index (χ3v) is 12.4. The van der Waals surface area contributed by atoms with Crippen molar-refractivity contribution in [2.45, 2.75) is 213 Å². The summed E-state index contributed by atoms with van der Waals surface area (Å²) in [5, 5.41) is 150. The van der Waals surface area contributed by atoms with Gasteiger partial charge in [0.1, 0.15) is 116 Å². The minimum absolute atomic E-state index is 0.223. The number of aliphatic hydroxyl groups excluding tert-OH is 14. The fourth-order valence-corrected chi connectivity index (χ4v) is 8.57. The molecule has 5 saturated heterocycles. The van der Waals surface area contributed by atoms with E-state index in [4.69, 9.17) is 52.5 Å². The topological polar surface area (TPSA) is 405 Å². The summed E-state index contributed by atoms with van der Waals surface area (Å²) >= 11 is 0. The van der Waals surface area contributed by atoms with Crippen molar-refractivity contribution in [1.82, 2.24) is 5.32 Å². The van der Waals surface area contributed by atoms with E-state index in [2.05, 4.69) is 12.2 Å². The van der Waals surface area contributed by atoms with Gasteiger partial charge in [-0.3, -0.25) is 4.79 Å². The molecule has 5 fully saturated rings. The van der Waals surface area contributed by atoms with E-state index in [9.17, 15) is 71.2 Å². The molecule has 66 heavy (non-hydrogen) atoms. The first-order valence-corrected chi connectivity index (χ1v) is 22.4. The Bertz CT molecular complexity index is 1440. The summed E-state index contributed by atoms with van der Waals surface area (Å²) in [7, 11) is 0. The Balaban J connectivity index is 1.16. The lowest BCUT2D eigenvalue weighted by molar-refractivity contribution is -0.354. The zero-order valence-corrected chi connectivity index (χ0v) is 37.0. The van der Waals surface area contributed by atoms with Gasteiger partial charge in [-0.15, -0.1) is 0 Å². The van der Waals surface area contributed by atoms with Crippen molar-refractivity contribution >= 4 is 5.91 Å². The largest absolute Gasteiger partial charge is 0.394 e. The number of hydrogen-bond donors (Lipinski definition) is 15. The molecular formula is C40H71NO25. The summed E-state index contributed by atoms with van der Waals surface area (Å²) < 4.78 is 56.8. The van der Waals surface area contributed by atoms with Crippen LogP contribution in [0.2, 0.25) is 0 Å². The van der Waals surface area contributed by atoms with Gasteiger partial charge in [-0.2, -0.15) is 0 Å². The van der Waals surface area contributed by atoms with Crippen LogP contribution in [0.25, 0.3) is 0 Å². The lowest BCUT2D eigenvalue weighted by Crippen LogP contribution is -2.68. The van der Waals surface area contributed by atoms with E-state index in [0.717, 1.165) is 32.1 Å². The molecule has 26 heteroatoms. The molecular weight excluding hydrogens is 894 g/mol. The number of hydrogen-bond acceptors (Lipinski definition) is 25. The van der Waals surface area contributed by atoms with Crippen LogP contribution >= 0.6 is 0 Å². The van der Waals surface area contributed by atoms with Crippen molar-refractivity contribution < 1.29 is 124 Å². The molecule has 1 amide bonds. The molecule has 5 aliphatic heterocycles. The van der Waals surface area contributed by atoms with E-state index in [-0.39, 0.29) is 6.61 Å². The Kier molecular flexibility index (Phi) is 21.5. The summed E-state index contributed by atoms with van der Waals surface area (Å²) in [6.07, 6.45) is -33.3. The van der Waals surface area contributed by atoms with Gasteiger partial charge in [-0.05, 0) is 13.3 Å². The van der Waals surface area contributed by atoms with Crippen molar-refractivity contribution in [2.75, 3.05) is 33.0 Å². The highest BCUT2D eigenvalue weighted by molar-refractivity contribution is 5.73. The van der Waals surface area contributed by atoms with E-state index in [1.807, 2.05) is 0 Å². The molecule has 0 unspecified atom stereocenters. The van der Waals surface area contributed by atoms with Crippen LogP contribution in [-0.2, 0) is 52.2 Å². The molecule has 386 valence electrons. The maximum atomic E-state index is 12.3. The first kappa shape index (κ1) is 55.4. The van der Waals surface area contributed by atoms with Gasteiger partial charge in [0, 0.05) is 13.5 Å². The number of unbranched alkanes of at least 4 members (excludes halogenated alkanes) is 5. The van der Waals surface area contributed by atoms with Crippen LogP contribution in [0.1, 0.15) is 59.3 Å². The number of carbonyl (C=O) groups excluding carboxylic acids is 1. The molecule has 26 nitrogen and oxygen atoms in total. The lowest BCUT2D eigenvalue weighted by Gasteiger charge is -2.48. The van der Waals surface area contributed by atoms with Gasteiger partial charge in [0.25, 0.3) is 0 Å². The maximum Gasteiger partial charge on any atom is 0.217 e. The quantitative estimate of drug-likeness (QED) is 0.0400. The fourth-order valence-electron chi connectivity index (χ4n) is 8.57. The third kappa shape index (κ3) is 13.1. The minimum Gasteiger partial charge on any atom is -0.394 e. The molecule has 0 aliphatic carbocycles. The second-order valence-electron chi connectivity index (χ2n) is 17.3. The predicted octanol–water partition coefficient (Wildman–Crippen LogP) is -7.37. The van der Waals surface area contributed by atoms with Gasteiger partial charge >= 0.3 is 0 Å². The van der Waals surface area contributed by atoms with Crippen molar-refractivity contribution in [3.63, 3.8) is 0 Å². The van der Waals surface area contributed by atoms with Crippen molar-refractivity contribution in [1.29, 1.82) is 0 Å². The summed E-state index contributed by atoms with van der Waals surface area (Å²) in [5.74, 6) is -0.539. The normalized spacial score (nSPS) is 44.4. The zero-order chi connectivity index (χ0) is 48.6. The molecule has 0 spiro atoms. The molecule has 5 aliphatic rings. The average Bonchev–Trinajstić information content (AvgIpc) is 3.86. The Morgan fingerprint density at radius 3 is 1.76 bits per heavy atom. The van der Waals surface area contributed by atoms with Crippen LogP contribution in [0.15, 0.2) is 0 Å². The number of ether oxygens (including phenoxy) is 10. The molecule has 0 bridgehead atoms. The molecule has 5 heterocycles. The molecule has 0 aromatic carbocycles. The first-order valence-electron chi connectivity index (χ1n) is 22.4. The van der Waals surface area contributed by atoms with Crippen molar-refractivity contribution in [3.8, 4) is 0 Å². The number of aliphatic hydroxyl groups is 14. The number of nitrogens with one attached hydrogen (secondary N) is 1. The summed E-state index contributed by atoms with van der Waals surface area (Å²) in [5.41, 5.74) is 0. The Morgan fingerprint density at radius 1 is 0.576 bits per heavy atom. The summed E-state index contributed by atoms with van der Waals surface area (Å²) in [6, 6.07) is -1.17. The standard InChI is InChI=1S/C40H71NO25/c1-4-5-6-7-8-9-10-57-36-21(41-16(3)45)35(22(48)19(12-43)60-36)66-38-28(54)23(49)31(15(2)59-38)62-40-30(56)26(52)34(65-40)20(13-44)61-39-29(55)25(51)33(64-39)18(47)14-58-37-27(53)24(50)32(63-37)17(46)11-42/h15,17-40,42-44,46-56H,4-14H2,1-3H3,(H,41,45)/t15-,17+,18+,19+,20+,21+,22+,23-,24+,25+,26+,27+,28+,29+,30+,31-,32-,33-,34-,35+,36-,37+,38-,39+,40+/m0/s1. The molecule has 0 aromatic rings. The Morgan fingerprint density at radius 2 is 1.12 bits per heavy atom. The van der Waals surface area contributed by atoms with Crippen LogP contribution in [0.5, 0.6) is 0 Å². The van der Waals surface area contributed by atoms with E-state index in [1.165, 1.54) is 13.8 Å². The molecule has 15 N–H and O–H groups in total. The van der Waals surface area contributed by atoms with Crippen LogP contribution in [0.3, 0.4) is 0 Å². The van der Waals surface area contributed by atoms with Crippen LogP contribution in [0.4, 0.5) is 0 Å². The van der Waals surface area contributed by atoms with Gasteiger partial charge < -0.3 is 124 Å². The molecule has 25 atom stereocenters. The SMILES string of the molecule is CCCCCCCCO[C@H]1O[C@H](CO)[C@@H](O)[C@H](O[C@@H]2O[C@@H](C)[C@H](O[C@@H]3O[C@@H]([C@@H](CO)O[C@@H]4O[C@@H]([C@H](O)CO[C@@H]5O[C@@H]([C@H](O)CO)[C@H](O)[C@H]5O)[C@H](O)[C@H]4O)[C@H](O)[C@H]3O)[C@@H](O)[C@H]2O)[C@H]1NC(C)=O. The highest BCUT2D eigenvalue weighted by Crippen LogP contribution is 2.35. The van der Waals surface area contributed by atoms with Gasteiger partial charge in [-0.25, -0.2) is 0 Å². The monoisotopic (exact) mass is 965 g/mol. The van der Waals surface area contributed by atoms with Crippen LogP contribution < -0.4 is 5.32 Å². The van der Waals surface area contributed by atoms with Gasteiger partial charge in [0.15, 0.2) is 31.5 Å². The predicted molar refractivity (Wildman–Crippen MR) is 214 cm³/mol. The van der Waals surface area contributed by atoms with E-state index in [0.29, 0.717) is 6.42 Å². The Hall–Kier alpha value is -1.49. The lowest BCUT2D eigenvalue weighted by atomic mass is 9.95. The molecule has 0 radical (unpaired) electrons. The van der Waals surface area contributed by atoms with E-state index < -0.39 is 186 Å². The zero-order valence-electron chi connectivity index (χ0n) is 37.0. The maximum absolute atomic E-state index is 12.3. The van der Waals surface area contributed by atoms with E-state index in [1.54, 1.807) is 0 Å². The van der Waals surface area contributed by atoms with Gasteiger partial charge in [0.2, 0.25) is 5.91 Å².